The van der Waals surface area contributed by atoms with E-state index in [4.69, 9.17) is 9.47 Å². The molecule has 14 heavy (non-hydrogen) atoms. The standard InChI is InChI=1S/C10H22N2O2/c1-9(13-7-5-12(2)3)10-8-11-4-6-14-10/h9-11H,4-8H2,1-3H3. The van der Waals surface area contributed by atoms with Gasteiger partial charge in [0.15, 0.2) is 0 Å². The first kappa shape index (κ1) is 11.9. The molecule has 0 radical (unpaired) electrons. The Hall–Kier alpha value is -0.160. The lowest BCUT2D eigenvalue weighted by molar-refractivity contribution is -0.0777. The molecule has 1 saturated heterocycles. The van der Waals surface area contributed by atoms with Gasteiger partial charge in [-0.2, -0.15) is 0 Å². The first-order chi connectivity index (χ1) is 6.70. The van der Waals surface area contributed by atoms with Crippen molar-refractivity contribution >= 4 is 0 Å². The molecule has 0 spiro atoms. The van der Waals surface area contributed by atoms with E-state index < -0.39 is 0 Å². The number of hydrogen-bond acceptors (Lipinski definition) is 4. The zero-order valence-electron chi connectivity index (χ0n) is 9.45. The first-order valence-corrected chi connectivity index (χ1v) is 5.29. The zero-order valence-corrected chi connectivity index (χ0v) is 9.45. The lowest BCUT2D eigenvalue weighted by Crippen LogP contribution is -2.45. The molecule has 1 fully saturated rings. The molecule has 0 saturated carbocycles. The van der Waals surface area contributed by atoms with Crippen molar-refractivity contribution in [3.8, 4) is 0 Å². The van der Waals surface area contributed by atoms with Gasteiger partial charge in [0.2, 0.25) is 0 Å². The van der Waals surface area contributed by atoms with Crippen LogP contribution in [0.3, 0.4) is 0 Å². The molecule has 2 unspecified atom stereocenters. The molecule has 1 aliphatic heterocycles. The van der Waals surface area contributed by atoms with Crippen LogP contribution < -0.4 is 5.32 Å². The molecule has 0 aromatic carbocycles. The number of morpholine rings is 1. The highest BCUT2D eigenvalue weighted by atomic mass is 16.5. The van der Waals surface area contributed by atoms with Crippen molar-refractivity contribution in [1.29, 1.82) is 0 Å². The summed E-state index contributed by atoms with van der Waals surface area (Å²) in [6.07, 6.45) is 0.397. The van der Waals surface area contributed by atoms with Crippen LogP contribution in [-0.4, -0.2) is 64.1 Å². The minimum absolute atomic E-state index is 0.183. The van der Waals surface area contributed by atoms with Crippen molar-refractivity contribution in [2.24, 2.45) is 0 Å². The Kier molecular flexibility index (Phi) is 5.40. The van der Waals surface area contributed by atoms with Crippen LogP contribution in [0.4, 0.5) is 0 Å². The van der Waals surface area contributed by atoms with Gasteiger partial charge < -0.3 is 19.7 Å². The van der Waals surface area contributed by atoms with E-state index in [2.05, 4.69) is 17.1 Å². The van der Waals surface area contributed by atoms with Gasteiger partial charge in [0.1, 0.15) is 0 Å². The quantitative estimate of drug-likeness (QED) is 0.677. The number of ether oxygens (including phenoxy) is 2. The fourth-order valence-electron chi connectivity index (χ4n) is 1.42. The fraction of sp³-hybridized carbons (Fsp3) is 1.00. The van der Waals surface area contributed by atoms with E-state index in [-0.39, 0.29) is 12.2 Å². The Bertz CT molecular complexity index is 147. The molecular weight excluding hydrogens is 180 g/mol. The minimum atomic E-state index is 0.183. The van der Waals surface area contributed by atoms with E-state index in [1.807, 2.05) is 14.1 Å². The summed E-state index contributed by atoms with van der Waals surface area (Å²) in [5.74, 6) is 0. The van der Waals surface area contributed by atoms with Crippen molar-refractivity contribution in [3.05, 3.63) is 0 Å². The summed E-state index contributed by atoms with van der Waals surface area (Å²) in [4.78, 5) is 2.12. The zero-order chi connectivity index (χ0) is 10.4. The van der Waals surface area contributed by atoms with Crippen LogP contribution in [0.1, 0.15) is 6.92 Å². The summed E-state index contributed by atoms with van der Waals surface area (Å²) in [6.45, 7) is 6.47. The highest BCUT2D eigenvalue weighted by Crippen LogP contribution is 2.05. The summed E-state index contributed by atoms with van der Waals surface area (Å²) < 4.78 is 11.3. The summed E-state index contributed by atoms with van der Waals surface area (Å²) >= 11 is 0. The van der Waals surface area contributed by atoms with Crippen LogP contribution in [0.25, 0.3) is 0 Å². The van der Waals surface area contributed by atoms with Gasteiger partial charge >= 0.3 is 0 Å². The summed E-state index contributed by atoms with van der Waals surface area (Å²) in [5.41, 5.74) is 0. The van der Waals surface area contributed by atoms with Crippen LogP contribution >= 0.6 is 0 Å². The maximum absolute atomic E-state index is 5.69. The van der Waals surface area contributed by atoms with E-state index in [0.717, 1.165) is 32.8 Å². The number of nitrogens with one attached hydrogen (secondary N) is 1. The smallest absolute Gasteiger partial charge is 0.0958 e. The van der Waals surface area contributed by atoms with Gasteiger partial charge in [0.05, 0.1) is 25.4 Å². The van der Waals surface area contributed by atoms with E-state index in [1.54, 1.807) is 0 Å². The molecule has 1 heterocycles. The predicted octanol–water partition coefficient (Wildman–Crippen LogP) is -0.0585. The lowest BCUT2D eigenvalue weighted by Gasteiger charge is -2.29. The second-order valence-electron chi connectivity index (χ2n) is 3.99. The minimum Gasteiger partial charge on any atom is -0.374 e. The van der Waals surface area contributed by atoms with E-state index in [1.165, 1.54) is 0 Å². The molecule has 4 heteroatoms. The Balaban J connectivity index is 2.10. The molecular formula is C10H22N2O2. The average Bonchev–Trinajstić information content (AvgIpc) is 2.18. The normalized spacial score (nSPS) is 25.3. The number of nitrogens with zero attached hydrogens (tertiary/aromatic N) is 1. The largest absolute Gasteiger partial charge is 0.374 e. The second-order valence-corrected chi connectivity index (χ2v) is 3.99. The third kappa shape index (κ3) is 4.37. The maximum atomic E-state index is 5.69. The van der Waals surface area contributed by atoms with Crippen molar-refractivity contribution < 1.29 is 9.47 Å². The van der Waals surface area contributed by atoms with Crippen molar-refractivity contribution in [1.82, 2.24) is 10.2 Å². The highest BCUT2D eigenvalue weighted by Gasteiger charge is 2.20. The molecule has 0 amide bonds. The van der Waals surface area contributed by atoms with Crippen LogP contribution in [0.15, 0.2) is 0 Å². The van der Waals surface area contributed by atoms with Gasteiger partial charge in [0.25, 0.3) is 0 Å². The molecule has 84 valence electrons. The lowest BCUT2D eigenvalue weighted by atomic mass is 10.2. The number of rotatable bonds is 5. The van der Waals surface area contributed by atoms with Crippen LogP contribution in [0.5, 0.6) is 0 Å². The van der Waals surface area contributed by atoms with Crippen molar-refractivity contribution in [2.45, 2.75) is 19.1 Å². The molecule has 0 aromatic heterocycles. The van der Waals surface area contributed by atoms with Gasteiger partial charge in [-0.1, -0.05) is 0 Å². The molecule has 4 nitrogen and oxygen atoms in total. The van der Waals surface area contributed by atoms with Crippen LogP contribution in [0.2, 0.25) is 0 Å². The Morgan fingerprint density at radius 3 is 2.93 bits per heavy atom. The molecule has 0 aliphatic carbocycles. The first-order valence-electron chi connectivity index (χ1n) is 5.29. The fourth-order valence-corrected chi connectivity index (χ4v) is 1.42. The number of hydrogen-bond donors (Lipinski definition) is 1. The highest BCUT2D eigenvalue weighted by molar-refractivity contribution is 4.73. The Morgan fingerprint density at radius 2 is 2.36 bits per heavy atom. The third-order valence-electron chi connectivity index (χ3n) is 2.40. The monoisotopic (exact) mass is 202 g/mol. The molecule has 2 atom stereocenters. The van der Waals surface area contributed by atoms with Crippen LogP contribution in [-0.2, 0) is 9.47 Å². The molecule has 1 rings (SSSR count). The van der Waals surface area contributed by atoms with Gasteiger partial charge in [-0.15, -0.1) is 0 Å². The second kappa shape index (κ2) is 6.35. The topological polar surface area (TPSA) is 33.7 Å². The average molecular weight is 202 g/mol. The third-order valence-corrected chi connectivity index (χ3v) is 2.40. The van der Waals surface area contributed by atoms with Crippen LogP contribution in [0, 0.1) is 0 Å². The SMILES string of the molecule is CC(OCCN(C)C)C1CNCCO1. The van der Waals surface area contributed by atoms with Crippen molar-refractivity contribution in [3.63, 3.8) is 0 Å². The summed E-state index contributed by atoms with van der Waals surface area (Å²) in [7, 11) is 4.10. The Morgan fingerprint density at radius 1 is 1.57 bits per heavy atom. The molecule has 1 N–H and O–H groups in total. The molecule has 0 bridgehead atoms. The van der Waals surface area contributed by atoms with Gasteiger partial charge in [0, 0.05) is 19.6 Å². The predicted molar refractivity (Wildman–Crippen MR) is 56.6 cm³/mol. The number of likely N-dealkylation sites (N-methyl/N-ethyl adjacent to an activating group) is 1. The molecule has 1 aliphatic rings. The van der Waals surface area contributed by atoms with Gasteiger partial charge in [-0.3, -0.25) is 0 Å². The van der Waals surface area contributed by atoms with Crippen molar-refractivity contribution in [2.75, 3.05) is 46.9 Å². The summed E-state index contributed by atoms with van der Waals surface area (Å²) in [6, 6.07) is 0. The van der Waals surface area contributed by atoms with E-state index in [9.17, 15) is 0 Å². The van der Waals surface area contributed by atoms with E-state index in [0.29, 0.717) is 0 Å². The Labute approximate surface area is 86.6 Å². The summed E-state index contributed by atoms with van der Waals surface area (Å²) in [5, 5.41) is 3.30. The molecule has 0 aromatic rings. The maximum Gasteiger partial charge on any atom is 0.0958 e. The van der Waals surface area contributed by atoms with Gasteiger partial charge in [-0.25, -0.2) is 0 Å². The van der Waals surface area contributed by atoms with E-state index >= 15 is 0 Å². The van der Waals surface area contributed by atoms with Gasteiger partial charge in [-0.05, 0) is 21.0 Å².